The lowest BCUT2D eigenvalue weighted by Gasteiger charge is -2.34. The standard InChI is InChI=1S/C29H32FNO6S/c1-38(34,35)28-13-11-25(12-14-28)37-27-18-21(17-26(20-27)36-24-9-7-22(30)8-10-24)19-29(33)31(15-16-32)23-5-3-2-4-6-23/h7-14,17-18,20,23,32H,2-6,15-16,19H2,1H3. The molecule has 202 valence electrons. The number of halogens is 1. The van der Waals surface area contributed by atoms with Crippen LogP contribution in [0, 0.1) is 5.82 Å². The predicted octanol–water partition coefficient (Wildman–Crippen LogP) is 5.51. The average molecular weight is 542 g/mol. The molecule has 3 aromatic carbocycles. The molecule has 1 aliphatic rings. The van der Waals surface area contributed by atoms with E-state index in [2.05, 4.69) is 0 Å². The number of aliphatic hydroxyl groups excluding tert-OH is 1. The molecule has 0 bridgehead atoms. The molecule has 1 N–H and O–H groups in total. The van der Waals surface area contributed by atoms with Gasteiger partial charge in [0.15, 0.2) is 9.84 Å². The molecule has 9 heteroatoms. The molecule has 0 heterocycles. The van der Waals surface area contributed by atoms with Gasteiger partial charge in [-0.2, -0.15) is 0 Å². The molecule has 1 amide bonds. The molecule has 0 unspecified atom stereocenters. The summed E-state index contributed by atoms with van der Waals surface area (Å²) < 4.78 is 48.8. The summed E-state index contributed by atoms with van der Waals surface area (Å²) in [6.07, 6.45) is 6.37. The highest BCUT2D eigenvalue weighted by atomic mass is 32.2. The first kappa shape index (κ1) is 27.6. The van der Waals surface area contributed by atoms with Gasteiger partial charge in [0.25, 0.3) is 0 Å². The van der Waals surface area contributed by atoms with Crippen LogP contribution in [0.5, 0.6) is 23.0 Å². The lowest BCUT2D eigenvalue weighted by Crippen LogP contribution is -2.43. The van der Waals surface area contributed by atoms with Gasteiger partial charge in [0.1, 0.15) is 28.8 Å². The molecule has 38 heavy (non-hydrogen) atoms. The smallest absolute Gasteiger partial charge is 0.227 e. The lowest BCUT2D eigenvalue weighted by molar-refractivity contribution is -0.134. The quantitative estimate of drug-likeness (QED) is 0.364. The van der Waals surface area contributed by atoms with Crippen molar-refractivity contribution in [2.45, 2.75) is 49.5 Å². The van der Waals surface area contributed by atoms with Gasteiger partial charge >= 0.3 is 0 Å². The van der Waals surface area contributed by atoms with E-state index >= 15 is 0 Å². The minimum Gasteiger partial charge on any atom is -0.457 e. The molecule has 0 radical (unpaired) electrons. The van der Waals surface area contributed by atoms with E-state index in [0.29, 0.717) is 28.6 Å². The van der Waals surface area contributed by atoms with Gasteiger partial charge < -0.3 is 19.5 Å². The van der Waals surface area contributed by atoms with E-state index in [1.54, 1.807) is 35.2 Å². The summed E-state index contributed by atoms with van der Waals surface area (Å²) in [6, 6.07) is 16.9. The Bertz CT molecular complexity index is 1340. The number of aliphatic hydroxyl groups is 1. The van der Waals surface area contributed by atoms with Gasteiger partial charge in [-0.05, 0) is 79.1 Å². The third-order valence-corrected chi connectivity index (χ3v) is 7.64. The number of hydrogen-bond donors (Lipinski definition) is 1. The predicted molar refractivity (Wildman–Crippen MR) is 142 cm³/mol. The van der Waals surface area contributed by atoms with E-state index in [-0.39, 0.29) is 42.2 Å². The Balaban J connectivity index is 1.60. The number of benzene rings is 3. The number of ether oxygens (including phenoxy) is 2. The highest BCUT2D eigenvalue weighted by molar-refractivity contribution is 7.90. The molecule has 1 aliphatic carbocycles. The van der Waals surface area contributed by atoms with E-state index < -0.39 is 9.84 Å². The van der Waals surface area contributed by atoms with Gasteiger partial charge in [-0.3, -0.25) is 4.79 Å². The van der Waals surface area contributed by atoms with Crippen LogP contribution in [-0.4, -0.2) is 49.8 Å². The minimum atomic E-state index is -3.34. The van der Waals surface area contributed by atoms with Crippen molar-refractivity contribution in [2.75, 3.05) is 19.4 Å². The van der Waals surface area contributed by atoms with Crippen LogP contribution >= 0.6 is 0 Å². The first-order valence-corrected chi connectivity index (χ1v) is 14.6. The second kappa shape index (κ2) is 12.4. The van der Waals surface area contributed by atoms with Crippen molar-refractivity contribution in [3.63, 3.8) is 0 Å². The molecule has 0 spiro atoms. The van der Waals surface area contributed by atoms with E-state index in [1.165, 1.54) is 36.4 Å². The van der Waals surface area contributed by atoms with E-state index in [0.717, 1.165) is 38.4 Å². The Morgan fingerprint density at radius 1 is 0.895 bits per heavy atom. The Labute approximate surface area is 222 Å². The van der Waals surface area contributed by atoms with Gasteiger partial charge in [0.05, 0.1) is 17.9 Å². The zero-order chi connectivity index (χ0) is 27.1. The number of nitrogens with zero attached hydrogens (tertiary/aromatic N) is 1. The maximum absolute atomic E-state index is 13.4. The van der Waals surface area contributed by atoms with Crippen LogP contribution in [0.1, 0.15) is 37.7 Å². The van der Waals surface area contributed by atoms with Crippen LogP contribution in [0.3, 0.4) is 0 Å². The highest BCUT2D eigenvalue weighted by Gasteiger charge is 2.25. The molecule has 7 nitrogen and oxygen atoms in total. The Morgan fingerprint density at radius 2 is 1.45 bits per heavy atom. The Kier molecular flexibility index (Phi) is 9.01. The molecule has 1 fully saturated rings. The molecule has 0 aliphatic heterocycles. The van der Waals surface area contributed by atoms with E-state index in [9.17, 15) is 22.7 Å². The highest BCUT2D eigenvalue weighted by Crippen LogP contribution is 2.32. The van der Waals surface area contributed by atoms with Crippen LogP contribution in [0.25, 0.3) is 0 Å². The molecule has 1 saturated carbocycles. The zero-order valence-corrected chi connectivity index (χ0v) is 22.1. The lowest BCUT2D eigenvalue weighted by atomic mass is 9.93. The molecular weight excluding hydrogens is 509 g/mol. The largest absolute Gasteiger partial charge is 0.457 e. The third-order valence-electron chi connectivity index (χ3n) is 6.51. The fraction of sp³-hybridized carbons (Fsp3) is 0.345. The average Bonchev–Trinajstić information content (AvgIpc) is 2.89. The number of carbonyl (C=O) groups is 1. The second-order valence-electron chi connectivity index (χ2n) is 9.49. The summed E-state index contributed by atoms with van der Waals surface area (Å²) >= 11 is 0. The fourth-order valence-electron chi connectivity index (χ4n) is 4.67. The number of hydrogen-bond acceptors (Lipinski definition) is 6. The Hall–Kier alpha value is -3.43. The maximum Gasteiger partial charge on any atom is 0.227 e. The van der Waals surface area contributed by atoms with Gasteiger partial charge in [0.2, 0.25) is 5.91 Å². The van der Waals surface area contributed by atoms with Crippen molar-refractivity contribution in [3.8, 4) is 23.0 Å². The fourth-order valence-corrected chi connectivity index (χ4v) is 5.30. The van der Waals surface area contributed by atoms with Crippen molar-refractivity contribution >= 4 is 15.7 Å². The van der Waals surface area contributed by atoms with Gasteiger partial charge in [0, 0.05) is 24.9 Å². The zero-order valence-electron chi connectivity index (χ0n) is 21.3. The maximum atomic E-state index is 13.4. The summed E-state index contributed by atoms with van der Waals surface area (Å²) in [4.78, 5) is 15.3. The van der Waals surface area contributed by atoms with E-state index in [4.69, 9.17) is 9.47 Å². The van der Waals surface area contributed by atoms with Crippen LogP contribution in [0.15, 0.2) is 71.6 Å². The first-order valence-electron chi connectivity index (χ1n) is 12.7. The molecule has 0 aromatic heterocycles. The van der Waals surface area contributed by atoms with Crippen molar-refractivity contribution in [3.05, 3.63) is 78.1 Å². The molecule has 0 atom stereocenters. The first-order chi connectivity index (χ1) is 18.2. The number of sulfone groups is 1. The summed E-state index contributed by atoms with van der Waals surface area (Å²) in [7, 11) is -3.34. The van der Waals surface area contributed by atoms with Crippen molar-refractivity contribution in [1.29, 1.82) is 0 Å². The molecule has 0 saturated heterocycles. The number of carbonyl (C=O) groups excluding carboxylic acids is 1. The van der Waals surface area contributed by atoms with Crippen LogP contribution < -0.4 is 9.47 Å². The molecule has 4 rings (SSSR count). The monoisotopic (exact) mass is 541 g/mol. The molecule has 3 aromatic rings. The third kappa shape index (κ3) is 7.55. The van der Waals surface area contributed by atoms with Crippen LogP contribution in [0.4, 0.5) is 4.39 Å². The second-order valence-corrected chi connectivity index (χ2v) is 11.5. The summed E-state index contributed by atoms with van der Waals surface area (Å²) in [5.74, 6) is 1.15. The summed E-state index contributed by atoms with van der Waals surface area (Å²) in [5.41, 5.74) is 0.649. The SMILES string of the molecule is CS(=O)(=O)c1ccc(Oc2cc(CC(=O)N(CCO)C3CCCCC3)cc(Oc3ccc(F)cc3)c2)cc1. The van der Waals surface area contributed by atoms with Gasteiger partial charge in [-0.15, -0.1) is 0 Å². The van der Waals surface area contributed by atoms with Crippen molar-refractivity contribution < 1.29 is 32.2 Å². The summed E-state index contributed by atoms with van der Waals surface area (Å²) in [5, 5.41) is 9.59. The van der Waals surface area contributed by atoms with E-state index in [1.807, 2.05) is 0 Å². The minimum absolute atomic E-state index is 0.0838. The van der Waals surface area contributed by atoms with Gasteiger partial charge in [-0.25, -0.2) is 12.8 Å². The Morgan fingerprint density at radius 3 is 1.97 bits per heavy atom. The summed E-state index contributed by atoms with van der Waals surface area (Å²) in [6.45, 7) is 0.180. The van der Waals surface area contributed by atoms with Crippen molar-refractivity contribution in [2.24, 2.45) is 0 Å². The van der Waals surface area contributed by atoms with Crippen LogP contribution in [-0.2, 0) is 21.1 Å². The van der Waals surface area contributed by atoms with Crippen molar-refractivity contribution in [1.82, 2.24) is 4.90 Å². The van der Waals surface area contributed by atoms with Crippen LogP contribution in [0.2, 0.25) is 0 Å². The number of rotatable bonds is 10. The van der Waals surface area contributed by atoms with Gasteiger partial charge in [-0.1, -0.05) is 19.3 Å². The topological polar surface area (TPSA) is 93.1 Å². The number of amides is 1. The molecular formula is C29H32FNO6S. The normalized spacial score (nSPS) is 14.2.